The highest BCUT2D eigenvalue weighted by Gasteiger charge is 2.28. The van der Waals surface area contributed by atoms with Gasteiger partial charge in [-0.05, 0) is 53.0 Å². The average Bonchev–Trinajstić information content (AvgIpc) is 3.13. The van der Waals surface area contributed by atoms with E-state index in [1.54, 1.807) is 12.3 Å². The normalized spacial score (nSPS) is 15.3. The van der Waals surface area contributed by atoms with E-state index in [1.165, 1.54) is 0 Å². The van der Waals surface area contributed by atoms with E-state index in [0.29, 0.717) is 38.0 Å². The number of carbonyl (C=O) groups is 2. The van der Waals surface area contributed by atoms with Crippen LogP contribution in [-0.2, 0) is 11.3 Å². The Morgan fingerprint density at radius 2 is 1.92 bits per heavy atom. The molecule has 5 nitrogen and oxygen atoms in total. The number of hydrogen-bond acceptors (Lipinski definition) is 3. The van der Waals surface area contributed by atoms with Gasteiger partial charge in [-0.25, -0.2) is 0 Å². The van der Waals surface area contributed by atoms with Crippen molar-refractivity contribution in [3.63, 3.8) is 0 Å². The second-order valence-electron chi connectivity index (χ2n) is 5.84. The predicted molar refractivity (Wildman–Crippen MR) is 93.3 cm³/mol. The molecule has 0 aliphatic carbocycles. The average molecular weight is 391 g/mol. The van der Waals surface area contributed by atoms with Gasteiger partial charge in [-0.1, -0.05) is 12.1 Å². The van der Waals surface area contributed by atoms with Gasteiger partial charge in [0.25, 0.3) is 5.91 Å². The number of furan rings is 1. The second kappa shape index (κ2) is 7.66. The second-order valence-corrected chi connectivity index (χ2v) is 6.70. The van der Waals surface area contributed by atoms with Crippen molar-refractivity contribution >= 4 is 27.7 Å². The van der Waals surface area contributed by atoms with Gasteiger partial charge in [0.15, 0.2) is 0 Å². The molecule has 0 radical (unpaired) electrons. The van der Waals surface area contributed by atoms with E-state index < -0.39 is 0 Å². The van der Waals surface area contributed by atoms with E-state index in [9.17, 15) is 9.59 Å². The molecule has 1 aromatic carbocycles. The molecule has 2 aromatic rings. The lowest BCUT2D eigenvalue weighted by atomic mass is 9.95. The molecule has 2 amide bonds. The molecular formula is C18H19BrN2O3. The maximum Gasteiger partial charge on any atom is 0.254 e. The number of amides is 2. The van der Waals surface area contributed by atoms with E-state index in [-0.39, 0.29) is 17.7 Å². The van der Waals surface area contributed by atoms with Crippen LogP contribution in [0.4, 0.5) is 0 Å². The first-order chi connectivity index (χ1) is 11.6. The lowest BCUT2D eigenvalue weighted by Gasteiger charge is -2.31. The van der Waals surface area contributed by atoms with Crippen LogP contribution in [0.15, 0.2) is 51.6 Å². The highest BCUT2D eigenvalue weighted by molar-refractivity contribution is 9.10. The van der Waals surface area contributed by atoms with Gasteiger partial charge >= 0.3 is 0 Å². The molecule has 1 saturated heterocycles. The van der Waals surface area contributed by atoms with Crippen LogP contribution in [0.5, 0.6) is 0 Å². The number of piperidine rings is 1. The highest BCUT2D eigenvalue weighted by atomic mass is 79.9. The summed E-state index contributed by atoms with van der Waals surface area (Å²) in [6, 6.07) is 11.0. The summed E-state index contributed by atoms with van der Waals surface area (Å²) in [6.45, 7) is 1.60. The van der Waals surface area contributed by atoms with E-state index in [1.807, 2.05) is 35.2 Å². The molecule has 0 spiro atoms. The van der Waals surface area contributed by atoms with Crippen LogP contribution in [0.2, 0.25) is 0 Å². The third-order valence-corrected chi connectivity index (χ3v) is 4.97. The van der Waals surface area contributed by atoms with Gasteiger partial charge in [0.05, 0.1) is 18.4 Å². The minimum absolute atomic E-state index is 0.0110. The quantitative estimate of drug-likeness (QED) is 0.871. The Kier molecular flexibility index (Phi) is 5.35. The van der Waals surface area contributed by atoms with E-state index >= 15 is 0 Å². The fraction of sp³-hybridized carbons (Fsp3) is 0.333. The van der Waals surface area contributed by atoms with E-state index in [2.05, 4.69) is 21.2 Å². The van der Waals surface area contributed by atoms with Gasteiger partial charge in [-0.3, -0.25) is 9.59 Å². The van der Waals surface area contributed by atoms with Crippen molar-refractivity contribution in [3.8, 4) is 0 Å². The summed E-state index contributed by atoms with van der Waals surface area (Å²) in [4.78, 5) is 26.6. The number of carbonyl (C=O) groups excluding carboxylic acids is 2. The molecule has 24 heavy (non-hydrogen) atoms. The molecule has 1 aliphatic heterocycles. The predicted octanol–water partition coefficient (Wildman–Crippen LogP) is 3.21. The Labute approximate surface area is 149 Å². The summed E-state index contributed by atoms with van der Waals surface area (Å²) in [5, 5.41) is 2.90. The summed E-state index contributed by atoms with van der Waals surface area (Å²) >= 11 is 3.42. The van der Waals surface area contributed by atoms with Crippen molar-refractivity contribution in [2.45, 2.75) is 19.4 Å². The summed E-state index contributed by atoms with van der Waals surface area (Å²) in [6.07, 6.45) is 2.95. The molecule has 6 heteroatoms. The fourth-order valence-electron chi connectivity index (χ4n) is 2.88. The molecule has 126 valence electrons. The molecule has 1 N–H and O–H groups in total. The van der Waals surface area contributed by atoms with Gasteiger partial charge in [0.2, 0.25) is 5.91 Å². The first kappa shape index (κ1) is 16.8. The number of rotatable bonds is 4. The monoisotopic (exact) mass is 390 g/mol. The molecule has 0 saturated carbocycles. The third kappa shape index (κ3) is 3.87. The number of hydrogen-bond donors (Lipinski definition) is 1. The van der Waals surface area contributed by atoms with Crippen LogP contribution >= 0.6 is 15.9 Å². The van der Waals surface area contributed by atoms with Crippen molar-refractivity contribution in [1.29, 1.82) is 0 Å². The maximum atomic E-state index is 12.6. The zero-order valence-corrected chi connectivity index (χ0v) is 14.8. The zero-order valence-electron chi connectivity index (χ0n) is 13.2. The lowest BCUT2D eigenvalue weighted by Crippen LogP contribution is -2.43. The maximum absolute atomic E-state index is 12.6. The van der Waals surface area contributed by atoms with Gasteiger partial charge < -0.3 is 14.6 Å². The fourth-order valence-corrected chi connectivity index (χ4v) is 3.34. The molecule has 3 rings (SSSR count). The van der Waals surface area contributed by atoms with Crippen LogP contribution in [0.25, 0.3) is 0 Å². The Morgan fingerprint density at radius 3 is 2.58 bits per heavy atom. The van der Waals surface area contributed by atoms with Crippen molar-refractivity contribution in [2.75, 3.05) is 13.1 Å². The Bertz CT molecular complexity index is 707. The summed E-state index contributed by atoms with van der Waals surface area (Å²) in [5.74, 6) is 0.726. The van der Waals surface area contributed by atoms with E-state index in [4.69, 9.17) is 4.42 Å². The Morgan fingerprint density at radius 1 is 1.17 bits per heavy atom. The lowest BCUT2D eigenvalue weighted by molar-refractivity contribution is -0.126. The van der Waals surface area contributed by atoms with Gasteiger partial charge in [0.1, 0.15) is 5.76 Å². The van der Waals surface area contributed by atoms with Crippen molar-refractivity contribution in [1.82, 2.24) is 10.2 Å². The van der Waals surface area contributed by atoms with Gasteiger partial charge in [-0.2, -0.15) is 0 Å². The van der Waals surface area contributed by atoms with Gasteiger partial charge in [-0.15, -0.1) is 0 Å². The summed E-state index contributed by atoms with van der Waals surface area (Å²) < 4.78 is 6.01. The van der Waals surface area contributed by atoms with Crippen molar-refractivity contribution < 1.29 is 14.0 Å². The molecule has 1 fully saturated rings. The minimum Gasteiger partial charge on any atom is -0.467 e. The Hall–Kier alpha value is -2.08. The van der Waals surface area contributed by atoms with Crippen molar-refractivity contribution in [2.24, 2.45) is 5.92 Å². The molecule has 2 heterocycles. The number of likely N-dealkylation sites (tertiary alicyclic amines) is 1. The Balaban J connectivity index is 1.51. The molecule has 0 bridgehead atoms. The van der Waals surface area contributed by atoms with Gasteiger partial charge in [0, 0.05) is 23.5 Å². The molecule has 0 unspecified atom stereocenters. The van der Waals surface area contributed by atoms with E-state index in [0.717, 1.165) is 10.2 Å². The van der Waals surface area contributed by atoms with Crippen LogP contribution < -0.4 is 5.32 Å². The number of nitrogens with one attached hydrogen (secondary N) is 1. The van der Waals surface area contributed by atoms with Crippen LogP contribution in [-0.4, -0.2) is 29.8 Å². The largest absolute Gasteiger partial charge is 0.467 e. The van der Waals surface area contributed by atoms with Crippen LogP contribution in [0.1, 0.15) is 29.0 Å². The summed E-state index contributed by atoms with van der Waals surface area (Å²) in [5.41, 5.74) is 0.665. The first-order valence-electron chi connectivity index (χ1n) is 7.99. The molecule has 0 atom stereocenters. The third-order valence-electron chi connectivity index (χ3n) is 4.27. The summed E-state index contributed by atoms with van der Waals surface area (Å²) in [7, 11) is 0. The topological polar surface area (TPSA) is 62.6 Å². The SMILES string of the molecule is O=C(NCc1ccco1)C1CCN(C(=O)c2ccccc2Br)CC1. The molecule has 1 aromatic heterocycles. The van der Waals surface area contributed by atoms with Crippen LogP contribution in [0.3, 0.4) is 0 Å². The number of halogens is 1. The zero-order chi connectivity index (χ0) is 16.9. The highest BCUT2D eigenvalue weighted by Crippen LogP contribution is 2.22. The number of nitrogens with zero attached hydrogens (tertiary/aromatic N) is 1. The number of benzene rings is 1. The smallest absolute Gasteiger partial charge is 0.254 e. The van der Waals surface area contributed by atoms with Crippen LogP contribution in [0, 0.1) is 5.92 Å². The van der Waals surface area contributed by atoms with Crippen molar-refractivity contribution in [3.05, 3.63) is 58.5 Å². The standard InChI is InChI=1S/C18H19BrN2O3/c19-16-6-2-1-5-15(16)18(23)21-9-7-13(8-10-21)17(22)20-12-14-4-3-11-24-14/h1-6,11,13H,7-10,12H2,(H,20,22). The molecular weight excluding hydrogens is 372 g/mol. The minimum atomic E-state index is -0.0526. The first-order valence-corrected chi connectivity index (χ1v) is 8.78. The molecule has 1 aliphatic rings.